The van der Waals surface area contributed by atoms with Crippen molar-refractivity contribution in [2.75, 3.05) is 27.9 Å². The number of para-hydroxylation sites is 1. The molecule has 3 aromatic rings. The standard InChI is InChI=1S/C24H29N3O4/c1-5-14-27-20(16-19(26-27)18-8-6-7-9-21(18)29-2)24(28)25-13-12-17-10-11-22(30-3)23(15-17)31-4/h6-11,15-16H,5,12-14H2,1-4H3,(H,25,28). The van der Waals surface area contributed by atoms with Crippen LogP contribution in [-0.4, -0.2) is 43.6 Å². The average Bonchev–Trinajstić information content (AvgIpc) is 3.23. The Kier molecular flexibility index (Phi) is 7.54. The van der Waals surface area contributed by atoms with E-state index in [0.29, 0.717) is 36.7 Å². The number of carbonyl (C=O) groups excluding carboxylic acids is 1. The first-order valence-electron chi connectivity index (χ1n) is 10.3. The summed E-state index contributed by atoms with van der Waals surface area (Å²) in [4.78, 5) is 12.9. The van der Waals surface area contributed by atoms with Crippen molar-refractivity contribution in [3.63, 3.8) is 0 Å². The summed E-state index contributed by atoms with van der Waals surface area (Å²) in [7, 11) is 4.84. The molecule has 7 nitrogen and oxygen atoms in total. The number of amides is 1. The largest absolute Gasteiger partial charge is 0.496 e. The van der Waals surface area contributed by atoms with E-state index in [0.717, 1.165) is 29.0 Å². The van der Waals surface area contributed by atoms with Crippen LogP contribution in [0.1, 0.15) is 29.4 Å². The fourth-order valence-corrected chi connectivity index (χ4v) is 3.42. The first-order chi connectivity index (χ1) is 15.1. The molecule has 0 fully saturated rings. The van der Waals surface area contributed by atoms with Gasteiger partial charge in [0.05, 0.1) is 27.0 Å². The second-order valence-electron chi connectivity index (χ2n) is 7.03. The molecule has 0 saturated heterocycles. The monoisotopic (exact) mass is 423 g/mol. The van der Waals surface area contributed by atoms with Gasteiger partial charge in [0.2, 0.25) is 0 Å². The lowest BCUT2D eigenvalue weighted by Crippen LogP contribution is -2.28. The molecular formula is C24H29N3O4. The van der Waals surface area contributed by atoms with Gasteiger partial charge in [-0.1, -0.05) is 25.1 Å². The molecule has 1 amide bonds. The number of aryl methyl sites for hydroxylation is 1. The normalized spacial score (nSPS) is 10.6. The number of nitrogens with one attached hydrogen (secondary N) is 1. The number of rotatable bonds is 10. The van der Waals surface area contributed by atoms with E-state index >= 15 is 0 Å². The highest BCUT2D eigenvalue weighted by Crippen LogP contribution is 2.29. The number of nitrogens with zero attached hydrogens (tertiary/aromatic N) is 2. The third-order valence-corrected chi connectivity index (χ3v) is 4.98. The molecule has 0 unspecified atom stereocenters. The van der Waals surface area contributed by atoms with Gasteiger partial charge >= 0.3 is 0 Å². The molecule has 164 valence electrons. The van der Waals surface area contributed by atoms with E-state index in [1.165, 1.54) is 0 Å². The lowest BCUT2D eigenvalue weighted by Gasteiger charge is -2.10. The Hall–Kier alpha value is -3.48. The van der Waals surface area contributed by atoms with Crippen molar-refractivity contribution < 1.29 is 19.0 Å². The quantitative estimate of drug-likeness (QED) is 0.534. The summed E-state index contributed by atoms with van der Waals surface area (Å²) in [5.74, 6) is 1.93. The van der Waals surface area contributed by atoms with Crippen molar-refractivity contribution >= 4 is 5.91 Å². The van der Waals surface area contributed by atoms with E-state index in [4.69, 9.17) is 14.2 Å². The fraction of sp³-hybridized carbons (Fsp3) is 0.333. The zero-order chi connectivity index (χ0) is 22.2. The van der Waals surface area contributed by atoms with Gasteiger partial charge in [-0.15, -0.1) is 0 Å². The van der Waals surface area contributed by atoms with E-state index in [-0.39, 0.29) is 5.91 Å². The number of methoxy groups -OCH3 is 3. The third kappa shape index (κ3) is 5.17. The molecule has 0 radical (unpaired) electrons. The maximum atomic E-state index is 12.9. The summed E-state index contributed by atoms with van der Waals surface area (Å²) < 4.78 is 17.8. The lowest BCUT2D eigenvalue weighted by molar-refractivity contribution is 0.0943. The highest BCUT2D eigenvalue weighted by atomic mass is 16.5. The summed E-state index contributed by atoms with van der Waals surface area (Å²) >= 11 is 0. The Morgan fingerprint density at radius 3 is 2.42 bits per heavy atom. The van der Waals surface area contributed by atoms with Crippen LogP contribution >= 0.6 is 0 Å². The molecule has 0 aliphatic carbocycles. The van der Waals surface area contributed by atoms with Crippen LogP contribution in [0.15, 0.2) is 48.5 Å². The van der Waals surface area contributed by atoms with Crippen molar-refractivity contribution in [3.8, 4) is 28.5 Å². The predicted octanol–water partition coefficient (Wildman–Crippen LogP) is 3.96. The summed E-state index contributed by atoms with van der Waals surface area (Å²) in [5, 5.41) is 7.66. The van der Waals surface area contributed by atoms with Crippen LogP contribution in [-0.2, 0) is 13.0 Å². The smallest absolute Gasteiger partial charge is 0.269 e. The summed E-state index contributed by atoms with van der Waals surface area (Å²) in [6.45, 7) is 3.21. The molecule has 0 bridgehead atoms. The van der Waals surface area contributed by atoms with Gasteiger partial charge in [0.25, 0.3) is 5.91 Å². The third-order valence-electron chi connectivity index (χ3n) is 4.98. The molecule has 1 aromatic heterocycles. The summed E-state index contributed by atoms with van der Waals surface area (Å²) in [6.07, 6.45) is 1.55. The number of aromatic nitrogens is 2. The Bertz CT molecular complexity index is 1030. The molecule has 3 rings (SSSR count). The molecule has 2 aromatic carbocycles. The second-order valence-corrected chi connectivity index (χ2v) is 7.03. The van der Waals surface area contributed by atoms with E-state index < -0.39 is 0 Å². The van der Waals surface area contributed by atoms with Crippen LogP contribution in [0.3, 0.4) is 0 Å². The topological polar surface area (TPSA) is 74.6 Å². The number of hydrogen-bond acceptors (Lipinski definition) is 5. The van der Waals surface area contributed by atoms with Crippen LogP contribution in [0.2, 0.25) is 0 Å². The zero-order valence-corrected chi connectivity index (χ0v) is 18.5. The molecule has 0 saturated carbocycles. The van der Waals surface area contributed by atoms with Gasteiger partial charge in [-0.05, 0) is 48.7 Å². The number of carbonyl (C=O) groups is 1. The molecule has 31 heavy (non-hydrogen) atoms. The van der Waals surface area contributed by atoms with Crippen LogP contribution in [0.5, 0.6) is 17.2 Å². The number of benzene rings is 2. The molecule has 0 spiro atoms. The zero-order valence-electron chi connectivity index (χ0n) is 18.5. The van der Waals surface area contributed by atoms with Crippen molar-refractivity contribution in [2.24, 2.45) is 0 Å². The van der Waals surface area contributed by atoms with Crippen LogP contribution in [0.4, 0.5) is 0 Å². The van der Waals surface area contributed by atoms with Gasteiger partial charge < -0.3 is 19.5 Å². The number of ether oxygens (including phenoxy) is 3. The van der Waals surface area contributed by atoms with Crippen molar-refractivity contribution in [1.29, 1.82) is 0 Å². The van der Waals surface area contributed by atoms with Crippen LogP contribution in [0.25, 0.3) is 11.3 Å². The van der Waals surface area contributed by atoms with Crippen molar-refractivity contribution in [2.45, 2.75) is 26.3 Å². The Balaban J connectivity index is 1.73. The highest BCUT2D eigenvalue weighted by molar-refractivity contribution is 5.94. The van der Waals surface area contributed by atoms with Gasteiger partial charge in [0.15, 0.2) is 11.5 Å². The Labute approximate surface area is 182 Å². The lowest BCUT2D eigenvalue weighted by atomic mass is 10.1. The Morgan fingerprint density at radius 2 is 1.71 bits per heavy atom. The minimum absolute atomic E-state index is 0.150. The fourth-order valence-electron chi connectivity index (χ4n) is 3.42. The second kappa shape index (κ2) is 10.5. The van der Waals surface area contributed by atoms with E-state index in [1.807, 2.05) is 48.5 Å². The van der Waals surface area contributed by atoms with Crippen molar-refractivity contribution in [3.05, 3.63) is 59.8 Å². The summed E-state index contributed by atoms with van der Waals surface area (Å²) in [5.41, 5.74) is 3.17. The molecule has 0 aliphatic rings. The molecule has 0 aliphatic heterocycles. The Morgan fingerprint density at radius 1 is 0.968 bits per heavy atom. The van der Waals surface area contributed by atoms with E-state index in [1.54, 1.807) is 26.0 Å². The maximum absolute atomic E-state index is 12.9. The average molecular weight is 424 g/mol. The van der Waals surface area contributed by atoms with Gasteiger partial charge in [0.1, 0.15) is 11.4 Å². The molecule has 1 heterocycles. The van der Waals surface area contributed by atoms with E-state index in [2.05, 4.69) is 17.3 Å². The van der Waals surface area contributed by atoms with Crippen molar-refractivity contribution in [1.82, 2.24) is 15.1 Å². The van der Waals surface area contributed by atoms with Gasteiger partial charge in [-0.3, -0.25) is 9.48 Å². The SMILES string of the molecule is CCCn1nc(-c2ccccc2OC)cc1C(=O)NCCc1ccc(OC)c(OC)c1. The molecule has 7 heteroatoms. The van der Waals surface area contributed by atoms with Crippen LogP contribution < -0.4 is 19.5 Å². The predicted molar refractivity (Wildman–Crippen MR) is 120 cm³/mol. The molecular weight excluding hydrogens is 394 g/mol. The van der Waals surface area contributed by atoms with E-state index in [9.17, 15) is 4.79 Å². The van der Waals surface area contributed by atoms with Gasteiger partial charge in [-0.2, -0.15) is 5.10 Å². The minimum Gasteiger partial charge on any atom is -0.496 e. The van der Waals surface area contributed by atoms with Gasteiger partial charge in [-0.25, -0.2) is 0 Å². The molecule has 1 N–H and O–H groups in total. The molecule has 0 atom stereocenters. The minimum atomic E-state index is -0.150. The highest BCUT2D eigenvalue weighted by Gasteiger charge is 2.17. The van der Waals surface area contributed by atoms with Crippen LogP contribution in [0, 0.1) is 0 Å². The first-order valence-corrected chi connectivity index (χ1v) is 10.3. The first kappa shape index (κ1) is 22.2. The van der Waals surface area contributed by atoms with Gasteiger partial charge in [0, 0.05) is 18.7 Å². The summed E-state index contributed by atoms with van der Waals surface area (Å²) in [6, 6.07) is 15.2. The maximum Gasteiger partial charge on any atom is 0.269 e. The number of hydrogen-bond donors (Lipinski definition) is 1.